The summed E-state index contributed by atoms with van der Waals surface area (Å²) in [5.41, 5.74) is 1.53. The van der Waals surface area contributed by atoms with E-state index in [4.69, 9.17) is 4.42 Å². The highest BCUT2D eigenvalue weighted by molar-refractivity contribution is 7.14. The van der Waals surface area contributed by atoms with Gasteiger partial charge in [0.1, 0.15) is 11.5 Å². The molecule has 0 atom stereocenters. The maximum absolute atomic E-state index is 12.4. The summed E-state index contributed by atoms with van der Waals surface area (Å²) in [6.07, 6.45) is 0. The average molecular weight is 398 g/mol. The molecule has 3 N–H and O–H groups in total. The third kappa shape index (κ3) is 5.04. The van der Waals surface area contributed by atoms with Crippen LogP contribution in [-0.4, -0.2) is 22.7 Å². The SMILES string of the molecule is CC(=O)NCc1ccc(-c2csc(NC(=O)c3cccc(NC(C)=O)c3)n2)o1. The first-order valence-electron chi connectivity index (χ1n) is 8.39. The first-order valence-corrected chi connectivity index (χ1v) is 9.27. The quantitative estimate of drug-likeness (QED) is 0.590. The minimum Gasteiger partial charge on any atom is -0.458 e. The van der Waals surface area contributed by atoms with Crippen molar-refractivity contribution >= 4 is 39.9 Å². The third-order valence-electron chi connectivity index (χ3n) is 3.60. The van der Waals surface area contributed by atoms with E-state index in [9.17, 15) is 14.4 Å². The zero-order valence-electron chi connectivity index (χ0n) is 15.2. The second-order valence-electron chi connectivity index (χ2n) is 5.93. The van der Waals surface area contributed by atoms with Crippen LogP contribution in [0.1, 0.15) is 30.0 Å². The Morgan fingerprint density at radius 1 is 1.07 bits per heavy atom. The molecule has 2 heterocycles. The van der Waals surface area contributed by atoms with Gasteiger partial charge in [0, 0.05) is 30.5 Å². The fraction of sp³-hybridized carbons (Fsp3) is 0.158. The molecule has 0 spiro atoms. The molecule has 0 bridgehead atoms. The number of carbonyl (C=O) groups excluding carboxylic acids is 3. The van der Waals surface area contributed by atoms with Crippen molar-refractivity contribution in [3.05, 3.63) is 53.1 Å². The maximum Gasteiger partial charge on any atom is 0.257 e. The van der Waals surface area contributed by atoms with Gasteiger partial charge in [-0.05, 0) is 30.3 Å². The first kappa shape index (κ1) is 19.3. The highest BCUT2D eigenvalue weighted by Gasteiger charge is 2.13. The van der Waals surface area contributed by atoms with Gasteiger partial charge in [0.25, 0.3) is 5.91 Å². The lowest BCUT2D eigenvalue weighted by molar-refractivity contribution is -0.119. The van der Waals surface area contributed by atoms with Crippen LogP contribution in [0.3, 0.4) is 0 Å². The van der Waals surface area contributed by atoms with Crippen LogP contribution in [0.15, 0.2) is 46.2 Å². The van der Waals surface area contributed by atoms with Crippen molar-refractivity contribution in [3.8, 4) is 11.5 Å². The summed E-state index contributed by atoms with van der Waals surface area (Å²) in [5.74, 6) is 0.472. The number of thiazole rings is 1. The summed E-state index contributed by atoms with van der Waals surface area (Å²) < 4.78 is 5.65. The van der Waals surface area contributed by atoms with Crippen LogP contribution in [-0.2, 0) is 16.1 Å². The minimum atomic E-state index is -0.334. The van der Waals surface area contributed by atoms with Crippen molar-refractivity contribution in [2.75, 3.05) is 10.6 Å². The Hall–Kier alpha value is -3.46. The van der Waals surface area contributed by atoms with Crippen LogP contribution >= 0.6 is 11.3 Å². The van der Waals surface area contributed by atoms with Crippen molar-refractivity contribution < 1.29 is 18.8 Å². The molecule has 0 saturated carbocycles. The second-order valence-corrected chi connectivity index (χ2v) is 6.79. The summed E-state index contributed by atoms with van der Waals surface area (Å²) in [6.45, 7) is 3.14. The van der Waals surface area contributed by atoms with E-state index >= 15 is 0 Å². The lowest BCUT2D eigenvalue weighted by Crippen LogP contribution is -2.18. The number of amides is 3. The van der Waals surface area contributed by atoms with E-state index in [1.54, 1.807) is 41.8 Å². The molecule has 0 saturated heterocycles. The van der Waals surface area contributed by atoms with Crippen LogP contribution < -0.4 is 16.0 Å². The van der Waals surface area contributed by atoms with E-state index in [-0.39, 0.29) is 17.7 Å². The average Bonchev–Trinajstić information content (AvgIpc) is 3.28. The largest absolute Gasteiger partial charge is 0.458 e. The number of hydrogen-bond donors (Lipinski definition) is 3. The third-order valence-corrected chi connectivity index (χ3v) is 4.35. The molecule has 9 heteroatoms. The Bertz CT molecular complexity index is 1020. The molecule has 2 aromatic heterocycles. The van der Waals surface area contributed by atoms with Crippen molar-refractivity contribution in [2.24, 2.45) is 0 Å². The summed E-state index contributed by atoms with van der Waals surface area (Å²) in [4.78, 5) is 38.9. The van der Waals surface area contributed by atoms with E-state index in [0.717, 1.165) is 0 Å². The van der Waals surface area contributed by atoms with Crippen LogP contribution in [0.25, 0.3) is 11.5 Å². The number of nitrogens with one attached hydrogen (secondary N) is 3. The number of benzene rings is 1. The van der Waals surface area contributed by atoms with Crippen LogP contribution in [0.5, 0.6) is 0 Å². The Labute approximate surface area is 165 Å². The van der Waals surface area contributed by atoms with Gasteiger partial charge in [-0.15, -0.1) is 11.3 Å². The van der Waals surface area contributed by atoms with Gasteiger partial charge in [-0.1, -0.05) is 6.07 Å². The fourth-order valence-corrected chi connectivity index (χ4v) is 3.07. The van der Waals surface area contributed by atoms with Gasteiger partial charge in [0.2, 0.25) is 11.8 Å². The number of anilines is 2. The molecule has 3 aromatic rings. The zero-order chi connectivity index (χ0) is 20.1. The fourth-order valence-electron chi connectivity index (χ4n) is 2.38. The summed E-state index contributed by atoms with van der Waals surface area (Å²) in [5, 5.41) is 10.2. The van der Waals surface area contributed by atoms with E-state index < -0.39 is 0 Å². The highest BCUT2D eigenvalue weighted by atomic mass is 32.1. The number of furan rings is 1. The van der Waals surface area contributed by atoms with Crippen molar-refractivity contribution in [3.63, 3.8) is 0 Å². The second kappa shape index (κ2) is 8.49. The summed E-state index contributed by atoms with van der Waals surface area (Å²) in [6, 6.07) is 10.1. The molecule has 0 aliphatic carbocycles. The van der Waals surface area contributed by atoms with Crippen molar-refractivity contribution in [2.45, 2.75) is 20.4 Å². The summed E-state index contributed by atoms with van der Waals surface area (Å²) in [7, 11) is 0. The molecule has 0 aliphatic rings. The number of carbonyl (C=O) groups is 3. The van der Waals surface area contributed by atoms with Gasteiger partial charge in [-0.25, -0.2) is 4.98 Å². The number of aromatic nitrogens is 1. The topological polar surface area (TPSA) is 113 Å². The lowest BCUT2D eigenvalue weighted by Gasteiger charge is -2.05. The van der Waals surface area contributed by atoms with Crippen LogP contribution in [0.2, 0.25) is 0 Å². The molecule has 1 aromatic carbocycles. The number of rotatable bonds is 6. The van der Waals surface area contributed by atoms with Gasteiger partial charge in [0.05, 0.1) is 6.54 Å². The maximum atomic E-state index is 12.4. The summed E-state index contributed by atoms with van der Waals surface area (Å²) >= 11 is 1.27. The Balaban J connectivity index is 1.67. The molecule has 0 fully saturated rings. The Morgan fingerprint density at radius 2 is 1.89 bits per heavy atom. The van der Waals surface area contributed by atoms with Gasteiger partial charge >= 0.3 is 0 Å². The van der Waals surface area contributed by atoms with E-state index in [2.05, 4.69) is 20.9 Å². The van der Waals surface area contributed by atoms with Gasteiger partial charge in [-0.3, -0.25) is 19.7 Å². The lowest BCUT2D eigenvalue weighted by atomic mass is 10.2. The molecule has 0 aliphatic heterocycles. The first-order chi connectivity index (χ1) is 13.4. The van der Waals surface area contributed by atoms with Gasteiger partial charge in [-0.2, -0.15) is 0 Å². The standard InChI is InChI=1S/C19H18N4O4S/c1-11(24)20-9-15-6-7-17(27-15)16-10-28-19(22-16)23-18(26)13-4-3-5-14(8-13)21-12(2)25/h3-8,10H,9H2,1-2H3,(H,20,24)(H,21,25)(H,22,23,26). The molecule has 0 unspecified atom stereocenters. The van der Waals surface area contributed by atoms with E-state index in [1.165, 1.54) is 25.2 Å². The monoisotopic (exact) mass is 398 g/mol. The van der Waals surface area contributed by atoms with Gasteiger partial charge < -0.3 is 15.1 Å². The minimum absolute atomic E-state index is 0.140. The smallest absolute Gasteiger partial charge is 0.257 e. The molecule has 28 heavy (non-hydrogen) atoms. The molecule has 3 amide bonds. The number of hydrogen-bond acceptors (Lipinski definition) is 6. The molecule has 8 nitrogen and oxygen atoms in total. The molecule has 144 valence electrons. The molecular weight excluding hydrogens is 380 g/mol. The van der Waals surface area contributed by atoms with Gasteiger partial charge in [0.15, 0.2) is 10.9 Å². The van der Waals surface area contributed by atoms with Crippen molar-refractivity contribution in [1.29, 1.82) is 0 Å². The zero-order valence-corrected chi connectivity index (χ0v) is 16.1. The Kier molecular flexibility index (Phi) is 5.85. The predicted octanol–water partition coefficient (Wildman–Crippen LogP) is 3.25. The normalized spacial score (nSPS) is 10.4. The highest BCUT2D eigenvalue weighted by Crippen LogP contribution is 2.27. The van der Waals surface area contributed by atoms with Crippen LogP contribution in [0.4, 0.5) is 10.8 Å². The van der Waals surface area contributed by atoms with E-state index in [0.29, 0.717) is 40.1 Å². The van der Waals surface area contributed by atoms with E-state index in [1.807, 2.05) is 0 Å². The molecule has 3 rings (SSSR count). The molecular formula is C19H18N4O4S. The van der Waals surface area contributed by atoms with Crippen LogP contribution in [0, 0.1) is 0 Å². The number of nitrogens with zero attached hydrogens (tertiary/aromatic N) is 1. The van der Waals surface area contributed by atoms with Crippen molar-refractivity contribution in [1.82, 2.24) is 10.3 Å². The molecule has 0 radical (unpaired) electrons. The predicted molar refractivity (Wildman–Crippen MR) is 106 cm³/mol. The Morgan fingerprint density at radius 3 is 2.64 bits per heavy atom.